The Morgan fingerprint density at radius 1 is 1.15 bits per heavy atom. The lowest BCUT2D eigenvalue weighted by Gasteiger charge is -2.12. The Hall–Kier alpha value is -2.56. The standard InChI is InChI=1S/C15H14FNO3/c1-9-3-5-11(16)8-13(9)20-14-7-10(15(18)19-2)4-6-12(14)17/h3-8H,17H2,1-2H3. The molecule has 4 nitrogen and oxygen atoms in total. The van der Waals surface area contributed by atoms with Crippen LogP contribution in [0.15, 0.2) is 36.4 Å². The number of benzene rings is 2. The minimum atomic E-state index is -0.495. The van der Waals surface area contributed by atoms with E-state index in [1.54, 1.807) is 13.0 Å². The molecule has 0 saturated heterocycles. The zero-order valence-corrected chi connectivity index (χ0v) is 11.1. The number of halogens is 1. The summed E-state index contributed by atoms with van der Waals surface area (Å²) in [4.78, 5) is 11.5. The Balaban J connectivity index is 2.37. The average Bonchev–Trinajstić information content (AvgIpc) is 2.44. The van der Waals surface area contributed by atoms with Gasteiger partial charge in [0.05, 0.1) is 18.4 Å². The Bertz CT molecular complexity index is 656. The summed E-state index contributed by atoms with van der Waals surface area (Å²) in [5.74, 6) is -0.278. The van der Waals surface area contributed by atoms with Gasteiger partial charge in [0.1, 0.15) is 11.6 Å². The van der Waals surface area contributed by atoms with Gasteiger partial charge in [0.15, 0.2) is 5.75 Å². The minimum absolute atomic E-state index is 0.279. The van der Waals surface area contributed by atoms with E-state index >= 15 is 0 Å². The van der Waals surface area contributed by atoms with Gasteiger partial charge in [0.2, 0.25) is 0 Å². The summed E-state index contributed by atoms with van der Waals surface area (Å²) >= 11 is 0. The summed E-state index contributed by atoms with van der Waals surface area (Å²) in [6, 6.07) is 8.75. The van der Waals surface area contributed by atoms with E-state index in [1.165, 1.54) is 37.4 Å². The minimum Gasteiger partial charge on any atom is -0.465 e. The normalized spacial score (nSPS) is 10.2. The molecule has 5 heteroatoms. The van der Waals surface area contributed by atoms with Crippen LogP contribution in [0.5, 0.6) is 11.5 Å². The van der Waals surface area contributed by atoms with Crippen molar-refractivity contribution in [1.29, 1.82) is 0 Å². The number of carbonyl (C=O) groups excluding carboxylic acids is 1. The predicted octanol–water partition coefficient (Wildman–Crippen LogP) is 3.30. The highest BCUT2D eigenvalue weighted by atomic mass is 19.1. The van der Waals surface area contributed by atoms with Crippen molar-refractivity contribution in [2.24, 2.45) is 0 Å². The van der Waals surface area contributed by atoms with Crippen LogP contribution in [0.2, 0.25) is 0 Å². The first-order valence-electron chi connectivity index (χ1n) is 5.93. The maximum Gasteiger partial charge on any atom is 0.337 e. The van der Waals surface area contributed by atoms with Gasteiger partial charge < -0.3 is 15.2 Å². The molecule has 0 bridgehead atoms. The van der Waals surface area contributed by atoms with Crippen LogP contribution in [0.1, 0.15) is 15.9 Å². The summed E-state index contributed by atoms with van der Waals surface area (Å²) in [7, 11) is 1.29. The molecule has 2 aromatic carbocycles. The van der Waals surface area contributed by atoms with E-state index < -0.39 is 11.8 Å². The molecule has 0 aliphatic heterocycles. The summed E-state index contributed by atoms with van der Waals surface area (Å²) in [6.07, 6.45) is 0. The number of rotatable bonds is 3. The second kappa shape index (κ2) is 5.61. The van der Waals surface area contributed by atoms with Crippen molar-refractivity contribution in [3.8, 4) is 11.5 Å². The molecule has 0 radical (unpaired) electrons. The second-order valence-corrected chi connectivity index (χ2v) is 4.26. The molecule has 0 aliphatic rings. The molecular weight excluding hydrogens is 261 g/mol. The van der Waals surface area contributed by atoms with Gasteiger partial charge >= 0.3 is 5.97 Å². The first kappa shape index (κ1) is 13.9. The number of ether oxygens (including phenoxy) is 2. The largest absolute Gasteiger partial charge is 0.465 e. The molecule has 104 valence electrons. The smallest absolute Gasteiger partial charge is 0.337 e. The average molecular weight is 275 g/mol. The zero-order chi connectivity index (χ0) is 14.7. The number of methoxy groups -OCH3 is 1. The van der Waals surface area contributed by atoms with Crippen molar-refractivity contribution in [2.75, 3.05) is 12.8 Å². The first-order chi connectivity index (χ1) is 9.51. The molecule has 0 heterocycles. The molecule has 0 fully saturated rings. The Labute approximate surface area is 115 Å². The van der Waals surface area contributed by atoms with Gasteiger partial charge in [-0.1, -0.05) is 6.07 Å². The van der Waals surface area contributed by atoms with Crippen LogP contribution in [-0.4, -0.2) is 13.1 Å². The SMILES string of the molecule is COC(=O)c1ccc(N)c(Oc2cc(F)ccc2C)c1. The van der Waals surface area contributed by atoms with E-state index in [4.69, 9.17) is 10.5 Å². The highest BCUT2D eigenvalue weighted by molar-refractivity contribution is 5.90. The molecule has 0 unspecified atom stereocenters. The number of esters is 1. The molecule has 20 heavy (non-hydrogen) atoms. The van der Waals surface area contributed by atoms with Gasteiger partial charge in [-0.25, -0.2) is 9.18 Å². The van der Waals surface area contributed by atoms with E-state index in [0.29, 0.717) is 17.0 Å². The van der Waals surface area contributed by atoms with Gasteiger partial charge in [-0.05, 0) is 36.8 Å². The van der Waals surface area contributed by atoms with Crippen LogP contribution in [-0.2, 0) is 4.74 Å². The van der Waals surface area contributed by atoms with E-state index in [1.807, 2.05) is 0 Å². The summed E-state index contributed by atoms with van der Waals surface area (Å²) in [6.45, 7) is 1.79. The maximum atomic E-state index is 13.2. The molecule has 0 aliphatic carbocycles. The molecule has 2 rings (SSSR count). The van der Waals surface area contributed by atoms with E-state index in [-0.39, 0.29) is 5.75 Å². The number of carbonyl (C=O) groups is 1. The molecule has 0 spiro atoms. The second-order valence-electron chi connectivity index (χ2n) is 4.26. The first-order valence-corrected chi connectivity index (χ1v) is 5.93. The summed E-state index contributed by atoms with van der Waals surface area (Å²) < 4.78 is 23.4. The summed E-state index contributed by atoms with van der Waals surface area (Å²) in [5, 5.41) is 0. The Kier molecular flexibility index (Phi) is 3.89. The van der Waals surface area contributed by atoms with E-state index in [0.717, 1.165) is 5.56 Å². The number of nitrogens with two attached hydrogens (primary N) is 1. The van der Waals surface area contributed by atoms with Crippen LogP contribution in [0.3, 0.4) is 0 Å². The van der Waals surface area contributed by atoms with Crippen LogP contribution in [0, 0.1) is 12.7 Å². The van der Waals surface area contributed by atoms with Crippen molar-refractivity contribution >= 4 is 11.7 Å². The van der Waals surface area contributed by atoms with Crippen LogP contribution < -0.4 is 10.5 Å². The predicted molar refractivity (Wildman–Crippen MR) is 73.4 cm³/mol. The van der Waals surface area contributed by atoms with Gasteiger partial charge in [0, 0.05) is 6.07 Å². The lowest BCUT2D eigenvalue weighted by molar-refractivity contribution is 0.0600. The third-order valence-corrected chi connectivity index (χ3v) is 2.80. The highest BCUT2D eigenvalue weighted by Crippen LogP contribution is 2.31. The van der Waals surface area contributed by atoms with Crippen LogP contribution in [0.4, 0.5) is 10.1 Å². The fraction of sp³-hybridized carbons (Fsp3) is 0.133. The van der Waals surface area contributed by atoms with Crippen molar-refractivity contribution in [1.82, 2.24) is 0 Å². The fourth-order valence-electron chi connectivity index (χ4n) is 1.67. The Morgan fingerprint density at radius 3 is 2.60 bits per heavy atom. The third-order valence-electron chi connectivity index (χ3n) is 2.80. The number of nitrogen functional groups attached to an aromatic ring is 1. The van der Waals surface area contributed by atoms with Crippen molar-refractivity contribution in [2.45, 2.75) is 6.92 Å². The number of hydrogen-bond acceptors (Lipinski definition) is 4. The van der Waals surface area contributed by atoms with Crippen molar-refractivity contribution in [3.05, 3.63) is 53.3 Å². The van der Waals surface area contributed by atoms with Gasteiger partial charge in [-0.3, -0.25) is 0 Å². The highest BCUT2D eigenvalue weighted by Gasteiger charge is 2.11. The zero-order valence-electron chi connectivity index (χ0n) is 11.1. The van der Waals surface area contributed by atoms with Crippen LogP contribution in [0.25, 0.3) is 0 Å². The van der Waals surface area contributed by atoms with Crippen molar-refractivity contribution in [3.63, 3.8) is 0 Å². The van der Waals surface area contributed by atoms with Crippen molar-refractivity contribution < 1.29 is 18.7 Å². The quantitative estimate of drug-likeness (QED) is 0.689. The molecule has 0 atom stereocenters. The lowest BCUT2D eigenvalue weighted by Crippen LogP contribution is -2.02. The fourth-order valence-corrected chi connectivity index (χ4v) is 1.67. The topological polar surface area (TPSA) is 61.5 Å². The number of aryl methyl sites for hydroxylation is 1. The molecule has 0 aromatic heterocycles. The molecule has 2 N–H and O–H groups in total. The molecule has 0 amide bonds. The third kappa shape index (κ3) is 2.88. The molecule has 2 aromatic rings. The van der Waals surface area contributed by atoms with E-state index in [2.05, 4.69) is 4.74 Å². The number of hydrogen-bond donors (Lipinski definition) is 1. The van der Waals surface area contributed by atoms with Crippen LogP contribution >= 0.6 is 0 Å². The molecule has 0 saturated carbocycles. The maximum absolute atomic E-state index is 13.2. The Morgan fingerprint density at radius 2 is 1.90 bits per heavy atom. The van der Waals surface area contributed by atoms with E-state index in [9.17, 15) is 9.18 Å². The lowest BCUT2D eigenvalue weighted by atomic mass is 10.2. The van der Waals surface area contributed by atoms with Gasteiger partial charge in [-0.2, -0.15) is 0 Å². The molecular formula is C15H14FNO3. The number of anilines is 1. The monoisotopic (exact) mass is 275 g/mol. The summed E-state index contributed by atoms with van der Waals surface area (Å²) in [5.41, 5.74) is 7.21. The van der Waals surface area contributed by atoms with Gasteiger partial charge in [-0.15, -0.1) is 0 Å². The van der Waals surface area contributed by atoms with Gasteiger partial charge in [0.25, 0.3) is 0 Å².